The fraction of sp³-hybridized carbons (Fsp3) is 0.861. The van der Waals surface area contributed by atoms with Crippen molar-refractivity contribution in [2.24, 2.45) is 23.7 Å². The first-order valence-corrected chi connectivity index (χ1v) is 21.7. The van der Waals surface area contributed by atoms with Crippen molar-refractivity contribution in [1.29, 1.82) is 5.26 Å². The first-order valence-electron chi connectivity index (χ1n) is 19.9. The Morgan fingerprint density at radius 1 is 0.685 bits per heavy atom. The summed E-state index contributed by atoms with van der Waals surface area (Å²) >= 11 is 0. The molecule has 0 atom stereocenters. The van der Waals surface area contributed by atoms with Crippen LogP contribution in [0.25, 0.3) is 0 Å². The standard InChI is InChI=1S/C12H19N3O4S.C11H17N3O2.C7H12N2O.C6H13NO/c1-20(16,17)18-8-9-4-6-15(7-5-9)12-13-11(14-19-12)10-2-3-10;15-7-8-3-5-14(6-4-8)11-12-10(13-16-11)9-1-2-9;8-6-9-3-1-7(5-10)2-4-9;8-5-6-1-3-7-4-2-6/h9-10H,2-8H2,1H3;8-9,15H,1-7H2;7,10H,1-5H2;6-8H,1-5H2. The van der Waals surface area contributed by atoms with Gasteiger partial charge in [-0.2, -0.15) is 23.6 Å². The summed E-state index contributed by atoms with van der Waals surface area (Å²) in [4.78, 5) is 14.8. The average molecular weight is 780 g/mol. The van der Waals surface area contributed by atoms with Gasteiger partial charge in [-0.15, -0.1) is 0 Å². The van der Waals surface area contributed by atoms with Crippen molar-refractivity contribution in [3.63, 3.8) is 0 Å². The number of aliphatic hydroxyl groups excluding tert-OH is 3. The lowest BCUT2D eigenvalue weighted by atomic mass is 9.98. The molecule has 18 heteroatoms. The largest absolute Gasteiger partial charge is 0.396 e. The van der Waals surface area contributed by atoms with Gasteiger partial charge in [0.15, 0.2) is 17.8 Å². The quantitative estimate of drug-likeness (QED) is 0.201. The predicted octanol–water partition coefficient (Wildman–Crippen LogP) is 2.45. The molecule has 0 amide bonds. The van der Waals surface area contributed by atoms with E-state index in [1.54, 1.807) is 4.90 Å². The van der Waals surface area contributed by atoms with Gasteiger partial charge in [0.1, 0.15) is 0 Å². The van der Waals surface area contributed by atoms with Gasteiger partial charge in [0.05, 0.1) is 12.9 Å². The van der Waals surface area contributed by atoms with Crippen LogP contribution >= 0.6 is 0 Å². The maximum atomic E-state index is 11.0. The lowest BCUT2D eigenvalue weighted by Gasteiger charge is -2.29. The molecule has 4 saturated heterocycles. The Kier molecular flexibility index (Phi) is 16.6. The Hall–Kier alpha value is -3.08. The van der Waals surface area contributed by atoms with Gasteiger partial charge in [0.2, 0.25) is 0 Å². The number of nitriles is 1. The van der Waals surface area contributed by atoms with Crippen LogP contribution in [0, 0.1) is 35.1 Å². The van der Waals surface area contributed by atoms with Gasteiger partial charge in [0.25, 0.3) is 10.1 Å². The molecule has 0 unspecified atom stereocenters. The summed E-state index contributed by atoms with van der Waals surface area (Å²) < 4.78 is 37.4. The number of aromatic nitrogens is 4. The average Bonchev–Trinajstić information content (AvgIpc) is 4.15. The second kappa shape index (κ2) is 21.3. The fourth-order valence-electron chi connectivity index (χ4n) is 6.82. The number of rotatable bonds is 10. The minimum Gasteiger partial charge on any atom is -0.396 e. The molecule has 6 aliphatic rings. The summed E-state index contributed by atoms with van der Waals surface area (Å²) in [5, 5.41) is 46.2. The Balaban J connectivity index is 0.000000147. The zero-order valence-corrected chi connectivity index (χ0v) is 32.6. The fourth-order valence-corrected chi connectivity index (χ4v) is 7.26. The van der Waals surface area contributed by atoms with Crippen LogP contribution in [0.4, 0.5) is 12.0 Å². The molecule has 2 saturated carbocycles. The van der Waals surface area contributed by atoms with Crippen LogP contribution in [0.2, 0.25) is 0 Å². The molecule has 0 radical (unpaired) electrons. The van der Waals surface area contributed by atoms with E-state index in [4.69, 9.17) is 33.8 Å². The van der Waals surface area contributed by atoms with E-state index in [2.05, 4.69) is 41.6 Å². The number of nitrogens with zero attached hydrogens (tertiary/aromatic N) is 8. The van der Waals surface area contributed by atoms with Gasteiger partial charge in [-0.25, -0.2) is 0 Å². The zero-order chi connectivity index (χ0) is 38.3. The van der Waals surface area contributed by atoms with Crippen molar-refractivity contribution in [2.45, 2.75) is 88.9 Å². The highest BCUT2D eigenvalue weighted by Gasteiger charge is 2.32. The molecule has 4 aliphatic heterocycles. The molecule has 17 nitrogen and oxygen atoms in total. The molecular formula is C36H61N9O8S. The predicted molar refractivity (Wildman–Crippen MR) is 200 cm³/mol. The number of hydrogen-bond acceptors (Lipinski definition) is 17. The van der Waals surface area contributed by atoms with E-state index in [1.165, 1.54) is 12.8 Å². The van der Waals surface area contributed by atoms with Gasteiger partial charge in [0, 0.05) is 70.9 Å². The lowest BCUT2D eigenvalue weighted by Crippen LogP contribution is -2.35. The summed E-state index contributed by atoms with van der Waals surface area (Å²) in [6, 6.07) is 1.26. The lowest BCUT2D eigenvalue weighted by molar-refractivity contribution is 0.161. The normalized spacial score (nSPS) is 21.9. The molecule has 2 aromatic heterocycles. The molecule has 2 aromatic rings. The molecule has 8 rings (SSSR count). The minimum atomic E-state index is -3.34. The van der Waals surface area contributed by atoms with Crippen LogP contribution in [0.15, 0.2) is 9.05 Å². The third-order valence-electron chi connectivity index (χ3n) is 11.0. The van der Waals surface area contributed by atoms with Gasteiger partial charge >= 0.3 is 12.0 Å². The van der Waals surface area contributed by atoms with Crippen LogP contribution in [-0.2, 0) is 14.3 Å². The van der Waals surface area contributed by atoms with E-state index in [1.807, 2.05) is 0 Å². The van der Waals surface area contributed by atoms with Crippen LogP contribution < -0.4 is 15.1 Å². The summed E-state index contributed by atoms with van der Waals surface area (Å²) in [6.45, 7) is 8.46. The van der Waals surface area contributed by atoms with Crippen LogP contribution in [0.3, 0.4) is 0 Å². The molecule has 6 fully saturated rings. The second-order valence-electron chi connectivity index (χ2n) is 15.5. The number of hydrogen-bond donors (Lipinski definition) is 4. The van der Waals surface area contributed by atoms with Gasteiger partial charge in [-0.3, -0.25) is 4.18 Å². The van der Waals surface area contributed by atoms with Crippen molar-refractivity contribution < 1.29 is 37.0 Å². The summed E-state index contributed by atoms with van der Waals surface area (Å²) in [5.74, 6) is 4.47. The highest BCUT2D eigenvalue weighted by Crippen LogP contribution is 2.40. The van der Waals surface area contributed by atoms with E-state index < -0.39 is 10.1 Å². The molecule has 2 aliphatic carbocycles. The van der Waals surface area contributed by atoms with Crippen molar-refractivity contribution in [1.82, 2.24) is 30.5 Å². The van der Waals surface area contributed by atoms with E-state index >= 15 is 0 Å². The SMILES string of the molecule is CS(=O)(=O)OCC1CCN(c2nc(C3CC3)no2)CC1.N#CN1CCC(CO)CC1.OCC1CCN(c2nc(C3CC3)no2)CC1.OCC1CCNCC1. The van der Waals surface area contributed by atoms with Crippen molar-refractivity contribution in [3.8, 4) is 6.19 Å². The van der Waals surface area contributed by atoms with Gasteiger partial charge in [-0.1, -0.05) is 10.3 Å². The van der Waals surface area contributed by atoms with E-state index in [0.29, 0.717) is 54.8 Å². The van der Waals surface area contributed by atoms with Crippen LogP contribution in [-0.4, -0.2) is 134 Å². The Morgan fingerprint density at radius 3 is 1.46 bits per heavy atom. The van der Waals surface area contributed by atoms with E-state index in [-0.39, 0.29) is 19.1 Å². The number of anilines is 2. The van der Waals surface area contributed by atoms with Gasteiger partial charge in [-0.05, 0) is 114 Å². The van der Waals surface area contributed by atoms with Crippen molar-refractivity contribution in [2.75, 3.05) is 94.8 Å². The summed E-state index contributed by atoms with van der Waals surface area (Å²) in [5.41, 5.74) is 0. The number of piperidine rings is 4. The first-order chi connectivity index (χ1) is 26.2. The minimum absolute atomic E-state index is 0.268. The molecule has 6 heterocycles. The number of likely N-dealkylation sites (tertiary alicyclic amines) is 1. The Labute approximate surface area is 319 Å². The van der Waals surface area contributed by atoms with Crippen molar-refractivity contribution >= 4 is 22.1 Å². The molecule has 54 heavy (non-hydrogen) atoms. The first kappa shape index (κ1) is 42.1. The van der Waals surface area contributed by atoms with Crippen LogP contribution in [0.5, 0.6) is 0 Å². The third-order valence-corrected chi connectivity index (χ3v) is 11.6. The molecule has 0 aromatic carbocycles. The number of aliphatic hydroxyl groups is 3. The summed E-state index contributed by atoms with van der Waals surface area (Å²) in [7, 11) is -3.34. The topological polar surface area (TPSA) is 227 Å². The molecule has 4 N–H and O–H groups in total. The Bertz CT molecular complexity index is 1500. The maximum absolute atomic E-state index is 11.0. The summed E-state index contributed by atoms with van der Waals surface area (Å²) in [6.07, 6.45) is 15.9. The highest BCUT2D eigenvalue weighted by molar-refractivity contribution is 7.85. The second-order valence-corrected chi connectivity index (χ2v) is 17.2. The van der Waals surface area contributed by atoms with Crippen LogP contribution in [0.1, 0.15) is 101 Å². The third kappa shape index (κ3) is 14.2. The Morgan fingerprint density at radius 2 is 1.09 bits per heavy atom. The van der Waals surface area contributed by atoms with Gasteiger partial charge < -0.3 is 44.4 Å². The molecular weight excluding hydrogens is 719 g/mol. The monoisotopic (exact) mass is 779 g/mol. The van der Waals surface area contributed by atoms with E-state index in [9.17, 15) is 8.42 Å². The van der Waals surface area contributed by atoms with Crippen molar-refractivity contribution in [3.05, 3.63) is 11.6 Å². The smallest absolute Gasteiger partial charge is 0.324 e. The number of nitrogens with one attached hydrogen (secondary N) is 1. The molecule has 304 valence electrons. The zero-order valence-electron chi connectivity index (χ0n) is 31.8. The molecule has 0 spiro atoms. The van der Waals surface area contributed by atoms with E-state index in [0.717, 1.165) is 134 Å². The maximum Gasteiger partial charge on any atom is 0.324 e. The highest BCUT2D eigenvalue weighted by atomic mass is 32.2. The molecule has 0 bridgehead atoms.